The Morgan fingerprint density at radius 3 is 2.72 bits per heavy atom. The molecule has 1 unspecified atom stereocenters. The predicted molar refractivity (Wildman–Crippen MR) is 110 cm³/mol. The number of nitrogens with zero attached hydrogens (tertiary/aromatic N) is 3. The van der Waals surface area contributed by atoms with Gasteiger partial charge in [0.1, 0.15) is 6.26 Å². The summed E-state index contributed by atoms with van der Waals surface area (Å²) in [4.78, 5) is 29.1. The van der Waals surface area contributed by atoms with Crippen molar-refractivity contribution in [3.8, 4) is 0 Å². The summed E-state index contributed by atoms with van der Waals surface area (Å²) in [7, 11) is 2.13. The number of aryl methyl sites for hydroxylation is 1. The number of amides is 2. The van der Waals surface area contributed by atoms with E-state index in [1.165, 1.54) is 29.1 Å². The van der Waals surface area contributed by atoms with Crippen LogP contribution < -0.4 is 15.5 Å². The number of carbonyl (C=O) groups is 2. The lowest BCUT2D eigenvalue weighted by atomic mass is 9.96. The SMILES string of the molecule is CN1CCCc2cc(C(CNC(=O)C(=O)Nc3ccon3)N3CCCC3)ccc21. The molecular weight excluding hydrogens is 370 g/mol. The van der Waals surface area contributed by atoms with Crippen molar-refractivity contribution in [1.29, 1.82) is 0 Å². The van der Waals surface area contributed by atoms with Crippen LogP contribution in [0.1, 0.15) is 36.4 Å². The third-order valence-electron chi connectivity index (χ3n) is 5.76. The second kappa shape index (κ2) is 8.65. The first-order chi connectivity index (χ1) is 14.1. The normalized spacial score (nSPS) is 17.6. The van der Waals surface area contributed by atoms with E-state index in [2.05, 4.69) is 55.4 Å². The van der Waals surface area contributed by atoms with Crippen molar-refractivity contribution in [1.82, 2.24) is 15.4 Å². The molecule has 2 aromatic rings. The molecule has 1 aromatic heterocycles. The molecule has 2 amide bonds. The summed E-state index contributed by atoms with van der Waals surface area (Å²) in [6, 6.07) is 8.16. The smallest absolute Gasteiger partial charge is 0.314 e. The van der Waals surface area contributed by atoms with E-state index >= 15 is 0 Å². The summed E-state index contributed by atoms with van der Waals surface area (Å²) < 4.78 is 4.67. The summed E-state index contributed by atoms with van der Waals surface area (Å²) in [5.41, 5.74) is 3.84. The first kappa shape index (κ1) is 19.4. The number of hydrogen-bond acceptors (Lipinski definition) is 6. The molecule has 2 aliphatic heterocycles. The highest BCUT2D eigenvalue weighted by atomic mass is 16.5. The summed E-state index contributed by atoms with van der Waals surface area (Å²) >= 11 is 0. The Hall–Kier alpha value is -2.87. The van der Waals surface area contributed by atoms with Gasteiger partial charge in [0, 0.05) is 31.9 Å². The number of hydrogen-bond donors (Lipinski definition) is 2. The molecule has 1 fully saturated rings. The fourth-order valence-electron chi connectivity index (χ4n) is 4.24. The van der Waals surface area contributed by atoms with Crippen molar-refractivity contribution >= 4 is 23.3 Å². The zero-order chi connectivity index (χ0) is 20.2. The van der Waals surface area contributed by atoms with E-state index in [9.17, 15) is 9.59 Å². The van der Waals surface area contributed by atoms with Gasteiger partial charge in [0.05, 0.1) is 6.04 Å². The van der Waals surface area contributed by atoms with Crippen LogP contribution in [0.25, 0.3) is 0 Å². The Balaban J connectivity index is 1.46. The molecule has 8 heteroatoms. The molecule has 8 nitrogen and oxygen atoms in total. The van der Waals surface area contributed by atoms with Gasteiger partial charge in [-0.3, -0.25) is 19.8 Å². The van der Waals surface area contributed by atoms with Crippen molar-refractivity contribution in [3.05, 3.63) is 41.7 Å². The van der Waals surface area contributed by atoms with Crippen LogP contribution in [0.4, 0.5) is 11.5 Å². The minimum absolute atomic E-state index is 0.0545. The third-order valence-corrected chi connectivity index (χ3v) is 5.76. The van der Waals surface area contributed by atoms with Gasteiger partial charge in [-0.1, -0.05) is 17.3 Å². The van der Waals surface area contributed by atoms with E-state index < -0.39 is 11.8 Å². The van der Waals surface area contributed by atoms with E-state index in [0.29, 0.717) is 6.54 Å². The second-order valence-corrected chi connectivity index (χ2v) is 7.72. The Kier molecular flexibility index (Phi) is 5.80. The molecular formula is C21H27N5O3. The van der Waals surface area contributed by atoms with Gasteiger partial charge in [0.15, 0.2) is 5.82 Å². The van der Waals surface area contributed by atoms with Crippen LogP contribution in [0.2, 0.25) is 0 Å². The third kappa shape index (κ3) is 4.42. The quantitative estimate of drug-likeness (QED) is 0.750. The monoisotopic (exact) mass is 397 g/mol. The number of benzene rings is 1. The zero-order valence-corrected chi connectivity index (χ0v) is 16.7. The van der Waals surface area contributed by atoms with Crippen molar-refractivity contribution in [2.75, 3.05) is 43.4 Å². The first-order valence-corrected chi connectivity index (χ1v) is 10.2. The van der Waals surface area contributed by atoms with E-state index in [1.54, 1.807) is 0 Å². The van der Waals surface area contributed by atoms with Crippen LogP contribution in [-0.2, 0) is 16.0 Å². The molecule has 4 rings (SSSR count). The zero-order valence-electron chi connectivity index (χ0n) is 16.7. The van der Waals surface area contributed by atoms with Gasteiger partial charge < -0.3 is 14.7 Å². The summed E-state index contributed by atoms with van der Waals surface area (Å²) in [5.74, 6) is -1.19. The lowest BCUT2D eigenvalue weighted by Gasteiger charge is -2.31. The average Bonchev–Trinajstić information content (AvgIpc) is 3.42. The lowest BCUT2D eigenvalue weighted by Crippen LogP contribution is -2.41. The highest BCUT2D eigenvalue weighted by Crippen LogP contribution is 2.31. The number of anilines is 2. The van der Waals surface area contributed by atoms with E-state index in [4.69, 9.17) is 0 Å². The highest BCUT2D eigenvalue weighted by Gasteiger charge is 2.26. The van der Waals surface area contributed by atoms with Crippen LogP contribution in [0.15, 0.2) is 35.1 Å². The molecule has 1 aromatic carbocycles. The lowest BCUT2D eigenvalue weighted by molar-refractivity contribution is -0.136. The number of fused-ring (bicyclic) bond motifs is 1. The Morgan fingerprint density at radius 2 is 1.97 bits per heavy atom. The van der Waals surface area contributed by atoms with Crippen molar-refractivity contribution in [3.63, 3.8) is 0 Å². The fourth-order valence-corrected chi connectivity index (χ4v) is 4.24. The molecule has 29 heavy (non-hydrogen) atoms. The molecule has 0 spiro atoms. The number of rotatable bonds is 5. The predicted octanol–water partition coefficient (Wildman–Crippen LogP) is 1.95. The van der Waals surface area contributed by atoms with Crippen LogP contribution in [0.3, 0.4) is 0 Å². The van der Waals surface area contributed by atoms with Crippen LogP contribution in [0, 0.1) is 0 Å². The van der Waals surface area contributed by atoms with E-state index in [-0.39, 0.29) is 11.9 Å². The van der Waals surface area contributed by atoms with E-state index in [1.807, 2.05) is 0 Å². The minimum atomic E-state index is -0.744. The van der Waals surface area contributed by atoms with Crippen LogP contribution in [0.5, 0.6) is 0 Å². The molecule has 1 saturated heterocycles. The maximum Gasteiger partial charge on any atom is 0.314 e. The van der Waals surface area contributed by atoms with Crippen LogP contribution in [-0.4, -0.2) is 55.1 Å². The standard InChI is InChI=1S/C21H27N5O3/c1-25-9-4-5-15-13-16(6-7-17(15)25)18(26-10-2-3-11-26)14-22-20(27)21(28)23-19-8-12-29-24-19/h6-8,12-13,18H,2-5,9-11,14H2,1H3,(H,22,27)(H,23,24,28). The van der Waals surface area contributed by atoms with Crippen molar-refractivity contribution in [2.24, 2.45) is 0 Å². The highest BCUT2D eigenvalue weighted by molar-refractivity contribution is 6.39. The first-order valence-electron chi connectivity index (χ1n) is 10.2. The number of carbonyl (C=O) groups excluding carboxylic acids is 2. The molecule has 3 heterocycles. The minimum Gasteiger partial charge on any atom is -0.374 e. The summed E-state index contributed by atoms with van der Waals surface area (Å²) in [6.07, 6.45) is 5.88. The topological polar surface area (TPSA) is 90.7 Å². The number of aromatic nitrogens is 1. The van der Waals surface area contributed by atoms with Gasteiger partial charge in [-0.25, -0.2) is 0 Å². The molecule has 0 saturated carbocycles. The van der Waals surface area contributed by atoms with Crippen molar-refractivity contribution < 1.29 is 14.1 Å². The largest absolute Gasteiger partial charge is 0.374 e. The summed E-state index contributed by atoms with van der Waals surface area (Å²) in [6.45, 7) is 3.48. The molecule has 2 N–H and O–H groups in total. The second-order valence-electron chi connectivity index (χ2n) is 7.72. The maximum atomic E-state index is 12.3. The molecule has 0 aliphatic carbocycles. The molecule has 1 atom stereocenters. The van der Waals surface area contributed by atoms with Gasteiger partial charge in [-0.15, -0.1) is 0 Å². The number of nitrogens with one attached hydrogen (secondary N) is 2. The molecule has 0 radical (unpaired) electrons. The van der Waals surface area contributed by atoms with Crippen molar-refractivity contribution in [2.45, 2.75) is 31.7 Å². The molecule has 154 valence electrons. The molecule has 0 bridgehead atoms. The summed E-state index contributed by atoms with van der Waals surface area (Å²) in [5, 5.41) is 8.82. The van der Waals surface area contributed by atoms with Gasteiger partial charge in [0.2, 0.25) is 0 Å². The van der Waals surface area contributed by atoms with E-state index in [0.717, 1.165) is 45.3 Å². The van der Waals surface area contributed by atoms with Gasteiger partial charge in [0.25, 0.3) is 0 Å². The average molecular weight is 397 g/mol. The fraction of sp³-hybridized carbons (Fsp3) is 0.476. The van der Waals surface area contributed by atoms with Gasteiger partial charge in [-0.2, -0.15) is 0 Å². The Bertz CT molecular complexity index is 861. The number of likely N-dealkylation sites (tertiary alicyclic amines) is 1. The maximum absolute atomic E-state index is 12.3. The van der Waals surface area contributed by atoms with Gasteiger partial charge in [-0.05, 0) is 56.0 Å². The molecule has 2 aliphatic rings. The Morgan fingerprint density at radius 1 is 1.14 bits per heavy atom. The Labute approximate surface area is 170 Å². The van der Waals surface area contributed by atoms with Gasteiger partial charge >= 0.3 is 11.8 Å². The van der Waals surface area contributed by atoms with Crippen LogP contribution >= 0.6 is 0 Å².